The van der Waals surface area contributed by atoms with Crippen LogP contribution in [0.1, 0.15) is 0 Å². The minimum Gasteiger partial charge on any atom is -0.418 e. The van der Waals surface area contributed by atoms with E-state index >= 15 is 0 Å². The quantitative estimate of drug-likeness (QED) is 0.367. The summed E-state index contributed by atoms with van der Waals surface area (Å²) < 4.78 is 43.2. The summed E-state index contributed by atoms with van der Waals surface area (Å²) in [4.78, 5) is 0. The lowest BCUT2D eigenvalue weighted by Crippen LogP contribution is -2.26. The number of rotatable bonds is 1. The molecule has 2 nitrogen and oxygen atoms in total. The molecule has 104 valence electrons. The fourth-order valence-electron chi connectivity index (χ4n) is 1.73. The molecular formula is C13H11BF4N2. The Morgan fingerprint density at radius 1 is 0.850 bits per heavy atom. The van der Waals surface area contributed by atoms with Crippen LogP contribution in [0.3, 0.4) is 0 Å². The van der Waals surface area contributed by atoms with Gasteiger partial charge in [-0.25, -0.2) is 8.97 Å². The number of hydrogen-bond donors (Lipinski definition) is 0. The third-order valence-electron chi connectivity index (χ3n) is 2.50. The van der Waals surface area contributed by atoms with Crippen molar-refractivity contribution < 1.29 is 21.8 Å². The van der Waals surface area contributed by atoms with Gasteiger partial charge in [0.15, 0.2) is 5.52 Å². The molecule has 7 heteroatoms. The molecule has 0 amide bonds. The van der Waals surface area contributed by atoms with Crippen molar-refractivity contribution in [3.63, 3.8) is 0 Å². The van der Waals surface area contributed by atoms with E-state index in [-0.39, 0.29) is 0 Å². The average Bonchev–Trinajstić information content (AvgIpc) is 2.81. The van der Waals surface area contributed by atoms with E-state index in [1.165, 1.54) is 11.2 Å². The number of nitrogens with zero attached hydrogens (tertiary/aromatic N) is 2. The molecule has 2 aromatic heterocycles. The molecule has 0 radical (unpaired) electrons. The molecule has 0 N–H and O–H groups in total. The number of benzene rings is 1. The van der Waals surface area contributed by atoms with Crippen LogP contribution in [0, 0.1) is 0 Å². The number of pyridine rings is 1. The molecule has 0 aliphatic rings. The van der Waals surface area contributed by atoms with Crippen molar-refractivity contribution in [2.75, 3.05) is 0 Å². The molecule has 0 aliphatic heterocycles. The Morgan fingerprint density at radius 3 is 2.05 bits per heavy atom. The summed E-state index contributed by atoms with van der Waals surface area (Å²) in [5.41, 5.74) is 2.38. The number of hydrogen-bond acceptors (Lipinski definition) is 0. The monoisotopic (exact) mass is 282 g/mol. The van der Waals surface area contributed by atoms with Crippen molar-refractivity contribution in [2.24, 2.45) is 0 Å². The normalized spacial score (nSPS) is 11.0. The summed E-state index contributed by atoms with van der Waals surface area (Å²) in [6.45, 7) is 0. The maximum Gasteiger partial charge on any atom is 0.673 e. The first-order chi connectivity index (χ1) is 9.43. The van der Waals surface area contributed by atoms with E-state index in [1.54, 1.807) is 0 Å². The molecule has 0 unspecified atom stereocenters. The predicted molar refractivity (Wildman–Crippen MR) is 69.1 cm³/mol. The number of imidazole rings is 1. The van der Waals surface area contributed by atoms with Crippen molar-refractivity contribution in [1.29, 1.82) is 0 Å². The van der Waals surface area contributed by atoms with Crippen LogP contribution in [0.5, 0.6) is 0 Å². The summed E-state index contributed by atoms with van der Waals surface area (Å²) in [5, 5.41) is 0. The minimum atomic E-state index is -6.00. The summed E-state index contributed by atoms with van der Waals surface area (Å²) in [7, 11) is -6.00. The lowest BCUT2D eigenvalue weighted by atomic mass is 10.3. The van der Waals surface area contributed by atoms with Gasteiger partial charge in [0.05, 0.1) is 6.20 Å². The smallest absolute Gasteiger partial charge is 0.418 e. The fraction of sp³-hybridized carbons (Fsp3) is 0. The van der Waals surface area contributed by atoms with Crippen LogP contribution in [0.25, 0.3) is 11.2 Å². The van der Waals surface area contributed by atoms with Crippen molar-refractivity contribution in [3.05, 3.63) is 67.3 Å². The Kier molecular flexibility index (Phi) is 4.07. The van der Waals surface area contributed by atoms with Gasteiger partial charge in [0.1, 0.15) is 11.9 Å². The summed E-state index contributed by atoms with van der Waals surface area (Å²) >= 11 is 0. The highest BCUT2D eigenvalue weighted by Gasteiger charge is 2.20. The molecule has 0 atom stereocenters. The second kappa shape index (κ2) is 5.77. The molecule has 2 heterocycles. The number of halogens is 4. The molecule has 0 saturated heterocycles. The third-order valence-corrected chi connectivity index (χ3v) is 2.50. The van der Waals surface area contributed by atoms with Crippen LogP contribution < -0.4 is 4.57 Å². The van der Waals surface area contributed by atoms with Gasteiger partial charge in [-0.1, -0.05) is 24.3 Å². The van der Waals surface area contributed by atoms with Crippen LogP contribution in [-0.4, -0.2) is 11.7 Å². The Labute approximate surface area is 113 Å². The van der Waals surface area contributed by atoms with Crippen molar-refractivity contribution >= 4 is 12.8 Å². The van der Waals surface area contributed by atoms with Gasteiger partial charge in [-0.2, -0.15) is 0 Å². The number of para-hydroxylation sites is 1. The van der Waals surface area contributed by atoms with E-state index in [2.05, 4.69) is 45.9 Å². The van der Waals surface area contributed by atoms with Crippen LogP contribution in [0.4, 0.5) is 17.3 Å². The van der Waals surface area contributed by atoms with Gasteiger partial charge >= 0.3 is 7.25 Å². The Hall–Kier alpha value is -2.31. The maximum atomic E-state index is 9.75. The van der Waals surface area contributed by atoms with Crippen LogP contribution in [0.15, 0.2) is 67.3 Å². The second-order valence-corrected chi connectivity index (χ2v) is 4.02. The van der Waals surface area contributed by atoms with Crippen molar-refractivity contribution in [1.82, 2.24) is 4.40 Å². The molecular weight excluding hydrogens is 271 g/mol. The first-order valence-corrected chi connectivity index (χ1v) is 5.84. The van der Waals surface area contributed by atoms with Gasteiger partial charge in [0.25, 0.3) is 6.33 Å². The molecule has 1 aromatic carbocycles. The van der Waals surface area contributed by atoms with Gasteiger partial charge in [0, 0.05) is 0 Å². The van der Waals surface area contributed by atoms with Gasteiger partial charge in [-0.05, 0) is 24.3 Å². The topological polar surface area (TPSA) is 8.29 Å². The van der Waals surface area contributed by atoms with Gasteiger partial charge < -0.3 is 17.3 Å². The maximum absolute atomic E-state index is 9.75. The van der Waals surface area contributed by atoms with E-state index in [0.717, 1.165) is 0 Å². The zero-order valence-corrected chi connectivity index (χ0v) is 10.3. The molecule has 0 saturated carbocycles. The Morgan fingerprint density at radius 2 is 1.45 bits per heavy atom. The molecule has 0 spiro atoms. The highest BCUT2D eigenvalue weighted by molar-refractivity contribution is 6.50. The largest absolute Gasteiger partial charge is 0.673 e. The van der Waals surface area contributed by atoms with Gasteiger partial charge in [-0.3, -0.25) is 0 Å². The molecule has 0 aliphatic carbocycles. The van der Waals surface area contributed by atoms with Gasteiger partial charge in [-0.15, -0.1) is 0 Å². The molecule has 3 aromatic rings. The standard InChI is InChI=1S/C13H11N2.BF4/c1-2-6-12(7-3-1)15-10-13-8-4-5-9-14(13)11-15;2-1(3,4)5/h1-11H;/q+1;-1. The number of fused-ring (bicyclic) bond motifs is 1. The zero-order valence-electron chi connectivity index (χ0n) is 10.3. The summed E-state index contributed by atoms with van der Waals surface area (Å²) in [6.07, 6.45) is 6.24. The van der Waals surface area contributed by atoms with Crippen molar-refractivity contribution in [3.8, 4) is 5.69 Å². The SMILES string of the molecule is F[B-](F)(F)F.c1ccc(-[n+]2cc3ccccn3c2)cc1. The highest BCUT2D eigenvalue weighted by atomic mass is 19.5. The van der Waals surface area contributed by atoms with Crippen LogP contribution in [-0.2, 0) is 0 Å². The third kappa shape index (κ3) is 4.12. The van der Waals surface area contributed by atoms with Crippen LogP contribution >= 0.6 is 0 Å². The van der Waals surface area contributed by atoms with E-state index < -0.39 is 7.25 Å². The first-order valence-electron chi connectivity index (χ1n) is 5.84. The van der Waals surface area contributed by atoms with E-state index in [1.807, 2.05) is 30.3 Å². The summed E-state index contributed by atoms with van der Waals surface area (Å²) in [5.74, 6) is 0. The number of aromatic nitrogens is 2. The van der Waals surface area contributed by atoms with E-state index in [0.29, 0.717) is 0 Å². The summed E-state index contributed by atoms with van der Waals surface area (Å²) in [6, 6.07) is 16.5. The first kappa shape index (κ1) is 14.1. The van der Waals surface area contributed by atoms with Crippen molar-refractivity contribution in [2.45, 2.75) is 0 Å². The zero-order chi connectivity index (χ0) is 14.6. The Balaban J connectivity index is 0.000000257. The lowest BCUT2D eigenvalue weighted by Gasteiger charge is -1.94. The van der Waals surface area contributed by atoms with E-state index in [4.69, 9.17) is 0 Å². The molecule has 0 bridgehead atoms. The average molecular weight is 282 g/mol. The minimum absolute atomic E-state index is 1.18. The molecule has 3 rings (SSSR count). The molecule has 0 fully saturated rings. The van der Waals surface area contributed by atoms with E-state index in [9.17, 15) is 17.3 Å². The fourth-order valence-corrected chi connectivity index (χ4v) is 1.73. The Bertz CT molecular complexity index is 640. The van der Waals surface area contributed by atoms with Gasteiger partial charge in [0.2, 0.25) is 0 Å². The second-order valence-electron chi connectivity index (χ2n) is 4.02. The highest BCUT2D eigenvalue weighted by Crippen LogP contribution is 2.06. The lowest BCUT2D eigenvalue weighted by molar-refractivity contribution is -0.594. The predicted octanol–water partition coefficient (Wildman–Crippen LogP) is 3.52. The van der Waals surface area contributed by atoms with Crippen LogP contribution in [0.2, 0.25) is 0 Å². The molecule has 20 heavy (non-hydrogen) atoms.